The standard InChI is InChI=1S/C28H40O17/c1-9-10-35-22-20(38-15(4)31)18(11-36-13(2)29)41-26(24(22)40-17(6)33)43-21-19(12-37-14(3)30)42-27-25(23(21)39-16(5)32)44-28(7,34-8)45-27/h9,18-27H,1,10-12H2,2-8H3/t18-,19-,20+,21-,22+,23+,24-,25-,26+,27-,28?/m1/s1. The first-order chi connectivity index (χ1) is 21.2. The van der Waals surface area contributed by atoms with Gasteiger partial charge < -0.3 is 52.1 Å². The third-order valence-electron chi connectivity index (χ3n) is 6.74. The Balaban J connectivity index is 2.08. The summed E-state index contributed by atoms with van der Waals surface area (Å²) in [6.45, 7) is 9.96. The summed E-state index contributed by atoms with van der Waals surface area (Å²) in [5, 5.41) is 0. The number of carbonyl (C=O) groups excluding carboxylic acids is 5. The molecule has 3 rings (SSSR count). The van der Waals surface area contributed by atoms with Crippen molar-refractivity contribution in [2.75, 3.05) is 26.9 Å². The first-order valence-electron chi connectivity index (χ1n) is 14.1. The monoisotopic (exact) mass is 648 g/mol. The molecule has 3 heterocycles. The molecule has 0 aromatic rings. The van der Waals surface area contributed by atoms with E-state index in [1.54, 1.807) is 0 Å². The highest BCUT2D eigenvalue weighted by Gasteiger charge is 2.60. The van der Waals surface area contributed by atoms with Gasteiger partial charge in [-0.2, -0.15) is 0 Å². The molecule has 0 spiro atoms. The van der Waals surface area contributed by atoms with E-state index < -0.39 is 110 Å². The molecule has 17 heteroatoms. The zero-order chi connectivity index (χ0) is 33.5. The van der Waals surface area contributed by atoms with Crippen LogP contribution >= 0.6 is 0 Å². The van der Waals surface area contributed by atoms with Crippen LogP contribution in [-0.4, -0.2) is 124 Å². The van der Waals surface area contributed by atoms with E-state index in [0.29, 0.717) is 0 Å². The number of methoxy groups -OCH3 is 1. The molecule has 0 aliphatic carbocycles. The van der Waals surface area contributed by atoms with Crippen LogP contribution in [0.2, 0.25) is 0 Å². The molecule has 17 nitrogen and oxygen atoms in total. The smallest absolute Gasteiger partial charge is 0.303 e. The van der Waals surface area contributed by atoms with Crippen molar-refractivity contribution in [3.05, 3.63) is 12.7 Å². The molecule has 1 unspecified atom stereocenters. The SMILES string of the molecule is C=CCO[C@H]1[C@@H](OC(C)=O)[C@@H](COC(C)=O)O[C@@H](O[C@H]2[C@H](OC(C)=O)[C@H]3OC(C)(OC)O[C@H]3O[C@@H]2COC(C)=O)[C@@H]1OC(C)=O. The van der Waals surface area contributed by atoms with Crippen LogP contribution in [0.1, 0.15) is 41.5 Å². The highest BCUT2D eigenvalue weighted by molar-refractivity contribution is 5.68. The van der Waals surface area contributed by atoms with E-state index in [0.717, 1.165) is 20.8 Å². The van der Waals surface area contributed by atoms with Crippen molar-refractivity contribution < 1.29 is 80.8 Å². The summed E-state index contributed by atoms with van der Waals surface area (Å²) >= 11 is 0. The van der Waals surface area contributed by atoms with Crippen LogP contribution in [0.3, 0.4) is 0 Å². The molecule has 11 atom stereocenters. The maximum Gasteiger partial charge on any atom is 0.303 e. The summed E-state index contributed by atoms with van der Waals surface area (Å²) in [7, 11) is 1.33. The maximum absolute atomic E-state index is 12.3. The lowest BCUT2D eigenvalue weighted by Gasteiger charge is -2.47. The van der Waals surface area contributed by atoms with Crippen molar-refractivity contribution in [2.24, 2.45) is 0 Å². The fourth-order valence-corrected chi connectivity index (χ4v) is 5.00. The van der Waals surface area contributed by atoms with Gasteiger partial charge in [-0.15, -0.1) is 6.58 Å². The van der Waals surface area contributed by atoms with Crippen molar-refractivity contribution in [2.45, 2.75) is 109 Å². The van der Waals surface area contributed by atoms with Gasteiger partial charge in [0.2, 0.25) is 0 Å². The number of rotatable bonds is 13. The number of hydrogen-bond donors (Lipinski definition) is 0. The van der Waals surface area contributed by atoms with Crippen LogP contribution in [0.4, 0.5) is 0 Å². The first kappa shape index (κ1) is 36.3. The van der Waals surface area contributed by atoms with Crippen molar-refractivity contribution in [3.63, 3.8) is 0 Å². The minimum absolute atomic E-state index is 0.0879. The molecule has 3 aliphatic rings. The largest absolute Gasteiger partial charge is 0.463 e. The average molecular weight is 649 g/mol. The van der Waals surface area contributed by atoms with Gasteiger partial charge in [0, 0.05) is 48.7 Å². The fourth-order valence-electron chi connectivity index (χ4n) is 5.00. The van der Waals surface area contributed by atoms with Crippen molar-refractivity contribution in [1.29, 1.82) is 0 Å². The quantitative estimate of drug-likeness (QED) is 0.147. The number of hydrogen-bond acceptors (Lipinski definition) is 17. The normalized spacial score (nSPS) is 35.8. The highest BCUT2D eigenvalue weighted by atomic mass is 16.9. The van der Waals surface area contributed by atoms with Crippen molar-refractivity contribution >= 4 is 29.8 Å². The third kappa shape index (κ3) is 9.65. The third-order valence-corrected chi connectivity index (χ3v) is 6.74. The summed E-state index contributed by atoms with van der Waals surface area (Å²) in [5.41, 5.74) is 0. The Hall–Kier alpha value is -3.19. The van der Waals surface area contributed by atoms with Gasteiger partial charge in [0.25, 0.3) is 5.97 Å². The van der Waals surface area contributed by atoms with Crippen LogP contribution < -0.4 is 0 Å². The van der Waals surface area contributed by atoms with Gasteiger partial charge in [0.1, 0.15) is 37.6 Å². The molecule has 0 amide bonds. The summed E-state index contributed by atoms with van der Waals surface area (Å²) in [6.07, 6.45) is -11.3. The van der Waals surface area contributed by atoms with Crippen LogP contribution in [0.15, 0.2) is 12.7 Å². The summed E-state index contributed by atoms with van der Waals surface area (Å²) in [4.78, 5) is 60.2. The van der Waals surface area contributed by atoms with Crippen LogP contribution in [0.5, 0.6) is 0 Å². The average Bonchev–Trinajstić information content (AvgIpc) is 3.29. The molecule has 45 heavy (non-hydrogen) atoms. The lowest BCUT2D eigenvalue weighted by molar-refractivity contribution is -0.352. The molecular formula is C28H40O17. The second kappa shape index (κ2) is 15.9. The van der Waals surface area contributed by atoms with E-state index in [9.17, 15) is 24.0 Å². The second-order valence-electron chi connectivity index (χ2n) is 10.4. The summed E-state index contributed by atoms with van der Waals surface area (Å²) in [5.74, 6) is -5.15. The Morgan fingerprint density at radius 3 is 1.76 bits per heavy atom. The van der Waals surface area contributed by atoms with E-state index in [-0.39, 0.29) is 6.61 Å². The predicted octanol–water partition coefficient (Wildman–Crippen LogP) is 0.0494. The van der Waals surface area contributed by atoms with E-state index >= 15 is 0 Å². The number of fused-ring (bicyclic) bond motifs is 1. The van der Waals surface area contributed by atoms with Crippen LogP contribution in [0.25, 0.3) is 0 Å². The minimum atomic E-state index is -1.60. The maximum atomic E-state index is 12.3. The zero-order valence-electron chi connectivity index (χ0n) is 26.1. The Kier molecular flexibility index (Phi) is 12.8. The molecule has 0 saturated carbocycles. The molecular weight excluding hydrogens is 608 g/mol. The molecule has 0 aromatic carbocycles. The van der Waals surface area contributed by atoms with E-state index in [1.807, 2.05) is 0 Å². The minimum Gasteiger partial charge on any atom is -0.463 e. The van der Waals surface area contributed by atoms with Gasteiger partial charge >= 0.3 is 29.8 Å². The van der Waals surface area contributed by atoms with Gasteiger partial charge in [0.05, 0.1) is 6.61 Å². The second-order valence-corrected chi connectivity index (χ2v) is 10.4. The van der Waals surface area contributed by atoms with E-state index in [2.05, 4.69) is 6.58 Å². The Labute approximate surface area is 259 Å². The lowest BCUT2D eigenvalue weighted by Crippen LogP contribution is -2.66. The molecule has 0 radical (unpaired) electrons. The molecule has 3 aliphatic heterocycles. The summed E-state index contributed by atoms with van der Waals surface area (Å²) in [6, 6.07) is 0. The first-order valence-corrected chi connectivity index (χ1v) is 14.1. The molecule has 0 bridgehead atoms. The predicted molar refractivity (Wildman–Crippen MR) is 143 cm³/mol. The van der Waals surface area contributed by atoms with Gasteiger partial charge in [-0.05, 0) is 0 Å². The van der Waals surface area contributed by atoms with Crippen LogP contribution in [0, 0.1) is 0 Å². The zero-order valence-corrected chi connectivity index (χ0v) is 26.1. The van der Waals surface area contributed by atoms with Gasteiger partial charge in [0.15, 0.2) is 37.0 Å². The Morgan fingerprint density at radius 1 is 0.711 bits per heavy atom. The van der Waals surface area contributed by atoms with Gasteiger partial charge in [-0.3, -0.25) is 28.7 Å². The highest BCUT2D eigenvalue weighted by Crippen LogP contribution is 2.41. The molecule has 3 saturated heterocycles. The Morgan fingerprint density at radius 2 is 1.24 bits per heavy atom. The van der Waals surface area contributed by atoms with Crippen LogP contribution in [-0.2, 0) is 80.8 Å². The van der Waals surface area contributed by atoms with Crippen molar-refractivity contribution in [1.82, 2.24) is 0 Å². The molecule has 0 N–H and O–H groups in total. The Bertz CT molecular complexity index is 1090. The molecule has 3 fully saturated rings. The molecule has 254 valence electrons. The van der Waals surface area contributed by atoms with E-state index in [4.69, 9.17) is 56.8 Å². The molecule has 0 aromatic heterocycles. The van der Waals surface area contributed by atoms with Crippen molar-refractivity contribution in [3.8, 4) is 0 Å². The lowest BCUT2D eigenvalue weighted by atomic mass is 9.96. The topological polar surface area (TPSA) is 196 Å². The number of carbonyl (C=O) groups is 5. The van der Waals surface area contributed by atoms with Gasteiger partial charge in [-0.25, -0.2) is 0 Å². The fraction of sp³-hybridized carbons (Fsp3) is 0.750. The summed E-state index contributed by atoms with van der Waals surface area (Å²) < 4.78 is 68.4. The van der Waals surface area contributed by atoms with E-state index in [1.165, 1.54) is 34.0 Å². The number of ether oxygens (including phenoxy) is 12. The van der Waals surface area contributed by atoms with Gasteiger partial charge in [-0.1, -0.05) is 6.08 Å². The number of esters is 5.